The largest absolute Gasteiger partial charge is 0.356 e. The monoisotopic (exact) mass is 750 g/mol. The van der Waals surface area contributed by atoms with Gasteiger partial charge in [0.05, 0.1) is 0 Å². The number of carbonyl (C=O) groups excluding carboxylic acids is 3. The van der Waals surface area contributed by atoms with Gasteiger partial charge in [-0.15, -0.1) is 0 Å². The highest BCUT2D eigenvalue weighted by molar-refractivity contribution is 5.77. The number of rotatable bonds is 43. The highest BCUT2D eigenvalue weighted by atomic mass is 16.2. The molecule has 0 rings (SSSR count). The lowest BCUT2D eigenvalue weighted by Gasteiger charge is -2.23. The van der Waals surface area contributed by atoms with Gasteiger partial charge in [0.15, 0.2) is 0 Å². The molecule has 0 radical (unpaired) electrons. The molecule has 0 atom stereocenters. The fourth-order valence-electron chi connectivity index (χ4n) is 6.86. The second-order valence-electron chi connectivity index (χ2n) is 15.7. The van der Waals surface area contributed by atoms with Crippen molar-refractivity contribution in [1.29, 1.82) is 0 Å². The van der Waals surface area contributed by atoms with Gasteiger partial charge in [0.2, 0.25) is 17.7 Å². The van der Waals surface area contributed by atoms with Gasteiger partial charge in [-0.1, -0.05) is 194 Å². The van der Waals surface area contributed by atoms with Crippen molar-refractivity contribution in [2.75, 3.05) is 39.3 Å². The maximum Gasteiger partial charge on any atom is 0.221 e. The van der Waals surface area contributed by atoms with Gasteiger partial charge >= 0.3 is 0 Å². The minimum Gasteiger partial charge on any atom is -0.356 e. The Morgan fingerprint density at radius 2 is 0.566 bits per heavy atom. The van der Waals surface area contributed by atoms with Crippen molar-refractivity contribution in [3.63, 3.8) is 0 Å². The number of unbranched alkanes of at least 4 members (excludes halogenated alkanes) is 27. The molecule has 0 bridgehead atoms. The molecule has 0 fully saturated rings. The van der Waals surface area contributed by atoms with Crippen molar-refractivity contribution in [3.8, 4) is 0 Å². The first-order chi connectivity index (χ1) is 26.0. The molecule has 8 nitrogen and oxygen atoms in total. The third kappa shape index (κ3) is 41.3. The average Bonchev–Trinajstić information content (AvgIpc) is 3.15. The molecule has 0 saturated heterocycles. The van der Waals surface area contributed by atoms with E-state index in [1.165, 1.54) is 173 Å². The number of nitrogens with zero attached hydrogens (tertiary/aromatic N) is 1. The first-order valence-electron chi connectivity index (χ1n) is 23.3. The number of carbonyl (C=O) groups is 3. The zero-order valence-corrected chi connectivity index (χ0v) is 35.7. The summed E-state index contributed by atoms with van der Waals surface area (Å²) in [5, 5.41) is 11.2. The van der Waals surface area contributed by atoms with E-state index in [1.807, 2.05) is 5.01 Å². The van der Waals surface area contributed by atoms with Crippen molar-refractivity contribution in [2.45, 2.75) is 233 Å². The van der Waals surface area contributed by atoms with Crippen LogP contribution in [0.4, 0.5) is 0 Å². The van der Waals surface area contributed by atoms with Gasteiger partial charge in [-0.05, 0) is 19.3 Å². The molecular weight excluding hydrogens is 659 g/mol. The Kier molecular flexibility index (Phi) is 41.7. The Bertz CT molecular complexity index is 754. The van der Waals surface area contributed by atoms with Crippen molar-refractivity contribution >= 4 is 17.7 Å². The van der Waals surface area contributed by atoms with E-state index in [0.717, 1.165) is 38.9 Å². The summed E-state index contributed by atoms with van der Waals surface area (Å²) in [6, 6.07) is 0. The van der Waals surface area contributed by atoms with Crippen LogP contribution < -0.4 is 21.4 Å². The topological polar surface area (TPSA) is 103 Å². The van der Waals surface area contributed by atoms with Crippen molar-refractivity contribution in [1.82, 2.24) is 26.4 Å². The van der Waals surface area contributed by atoms with E-state index in [-0.39, 0.29) is 17.7 Å². The molecular formula is C45H91N5O3. The third-order valence-corrected chi connectivity index (χ3v) is 10.5. The molecule has 53 heavy (non-hydrogen) atoms. The first kappa shape index (κ1) is 51.3. The summed E-state index contributed by atoms with van der Waals surface area (Å²) >= 11 is 0. The zero-order chi connectivity index (χ0) is 38.7. The van der Waals surface area contributed by atoms with Crippen LogP contribution in [0.15, 0.2) is 0 Å². The van der Waals surface area contributed by atoms with Crippen molar-refractivity contribution < 1.29 is 14.4 Å². The predicted octanol–water partition coefficient (Wildman–Crippen LogP) is 11.1. The fraction of sp³-hybridized carbons (Fsp3) is 0.933. The van der Waals surface area contributed by atoms with Crippen LogP contribution in [0.3, 0.4) is 0 Å². The molecule has 3 amide bonds. The van der Waals surface area contributed by atoms with Crippen molar-refractivity contribution in [3.05, 3.63) is 0 Å². The summed E-state index contributed by atoms with van der Waals surface area (Å²) in [6.07, 6.45) is 39.6. The summed E-state index contributed by atoms with van der Waals surface area (Å²) in [7, 11) is 0. The van der Waals surface area contributed by atoms with Crippen LogP contribution in [0.2, 0.25) is 0 Å². The highest BCUT2D eigenvalue weighted by Gasteiger charge is 2.12. The normalized spacial score (nSPS) is 11.3. The van der Waals surface area contributed by atoms with E-state index in [2.05, 4.69) is 42.1 Å². The van der Waals surface area contributed by atoms with E-state index in [0.29, 0.717) is 38.9 Å². The maximum atomic E-state index is 12.6. The lowest BCUT2D eigenvalue weighted by molar-refractivity contribution is -0.123. The van der Waals surface area contributed by atoms with Crippen LogP contribution >= 0.6 is 0 Å². The van der Waals surface area contributed by atoms with Gasteiger partial charge in [0.25, 0.3) is 0 Å². The number of hydrogen-bond donors (Lipinski definition) is 4. The Balaban J connectivity index is 4.30. The van der Waals surface area contributed by atoms with Gasteiger partial charge in [0.1, 0.15) is 0 Å². The Morgan fingerprint density at radius 1 is 0.321 bits per heavy atom. The fourth-order valence-corrected chi connectivity index (χ4v) is 6.86. The minimum absolute atomic E-state index is 0.0485. The van der Waals surface area contributed by atoms with E-state index >= 15 is 0 Å². The molecule has 0 saturated carbocycles. The van der Waals surface area contributed by atoms with E-state index in [9.17, 15) is 14.4 Å². The quantitative estimate of drug-likeness (QED) is 0.0367. The summed E-state index contributed by atoms with van der Waals surface area (Å²) in [5.41, 5.74) is 3.34. The lowest BCUT2D eigenvalue weighted by Crippen LogP contribution is -2.44. The molecule has 0 aliphatic rings. The lowest BCUT2D eigenvalue weighted by atomic mass is 10.1. The zero-order valence-electron chi connectivity index (χ0n) is 35.7. The standard InChI is InChI=1S/C45H91N5O3/c1-4-7-10-13-16-19-22-25-28-31-37-46-43(51)34-40-49-50(41-35-44(52)47-38-32-29-26-23-20-17-14-11-8-5-2)42-36-45(53)48-39-33-30-27-24-21-18-15-12-9-6-3/h49H,4-42H2,1-3H3,(H,46,51)(H,47,52)(H,48,53). The van der Waals surface area contributed by atoms with Gasteiger partial charge in [-0.25, -0.2) is 5.01 Å². The molecule has 4 N–H and O–H groups in total. The molecule has 8 heteroatoms. The Morgan fingerprint density at radius 3 is 0.849 bits per heavy atom. The summed E-state index contributed by atoms with van der Waals surface area (Å²) in [5.74, 6) is 0.150. The van der Waals surface area contributed by atoms with Crippen LogP contribution in [-0.4, -0.2) is 62.0 Å². The maximum absolute atomic E-state index is 12.6. The second kappa shape index (κ2) is 43.1. The van der Waals surface area contributed by atoms with E-state index in [1.54, 1.807) is 0 Å². The van der Waals surface area contributed by atoms with E-state index < -0.39 is 0 Å². The predicted molar refractivity (Wildman–Crippen MR) is 228 cm³/mol. The Labute approximate surface area is 329 Å². The number of amides is 3. The van der Waals surface area contributed by atoms with Gasteiger partial charge in [-0.3, -0.25) is 19.8 Å². The summed E-state index contributed by atoms with van der Waals surface area (Å²) in [4.78, 5) is 37.7. The smallest absolute Gasteiger partial charge is 0.221 e. The Hall–Kier alpha value is -1.67. The molecule has 0 aliphatic carbocycles. The molecule has 0 aromatic rings. The molecule has 0 aromatic carbocycles. The first-order valence-corrected chi connectivity index (χ1v) is 23.3. The molecule has 0 spiro atoms. The molecule has 0 aromatic heterocycles. The second-order valence-corrected chi connectivity index (χ2v) is 15.7. The van der Waals surface area contributed by atoms with Gasteiger partial charge < -0.3 is 16.0 Å². The molecule has 0 heterocycles. The minimum atomic E-state index is 0.0485. The molecule has 314 valence electrons. The van der Waals surface area contributed by atoms with Crippen LogP contribution in [0.1, 0.15) is 233 Å². The molecule has 0 unspecified atom stereocenters. The number of nitrogens with one attached hydrogen (secondary N) is 4. The van der Waals surface area contributed by atoms with Gasteiger partial charge in [0, 0.05) is 58.5 Å². The van der Waals surface area contributed by atoms with Gasteiger partial charge in [-0.2, -0.15) is 0 Å². The molecule has 0 aliphatic heterocycles. The van der Waals surface area contributed by atoms with Crippen LogP contribution in [-0.2, 0) is 14.4 Å². The van der Waals surface area contributed by atoms with Crippen molar-refractivity contribution in [2.24, 2.45) is 0 Å². The number of hydrazine groups is 1. The van der Waals surface area contributed by atoms with Crippen LogP contribution in [0.5, 0.6) is 0 Å². The highest BCUT2D eigenvalue weighted by Crippen LogP contribution is 2.12. The average molecular weight is 750 g/mol. The van der Waals surface area contributed by atoms with E-state index in [4.69, 9.17) is 0 Å². The third-order valence-electron chi connectivity index (χ3n) is 10.5. The summed E-state index contributed by atoms with van der Waals surface area (Å²) in [6.45, 7) is 10.5. The summed E-state index contributed by atoms with van der Waals surface area (Å²) < 4.78 is 0. The van der Waals surface area contributed by atoms with Crippen LogP contribution in [0.25, 0.3) is 0 Å². The SMILES string of the molecule is CCCCCCCCCCCCNC(=O)CCNN(CCC(=O)NCCCCCCCCCCCC)CCC(=O)NCCCCCCCCCCCC. The number of hydrogen-bond acceptors (Lipinski definition) is 5. The van der Waals surface area contributed by atoms with Crippen LogP contribution in [0, 0.1) is 0 Å².